The molecule has 5 nitrogen and oxygen atoms in total. The first-order valence-electron chi connectivity index (χ1n) is 7.33. The molecule has 2 amide bonds. The lowest BCUT2D eigenvalue weighted by Gasteiger charge is -2.32. The van der Waals surface area contributed by atoms with Crippen LogP contribution in [0, 0.1) is 5.92 Å². The molecule has 0 atom stereocenters. The lowest BCUT2D eigenvalue weighted by Crippen LogP contribution is -2.46. The predicted molar refractivity (Wildman–Crippen MR) is 81.7 cm³/mol. The van der Waals surface area contributed by atoms with Crippen molar-refractivity contribution < 1.29 is 9.59 Å². The first-order chi connectivity index (χ1) is 10.1. The Hall–Kier alpha value is -1.43. The van der Waals surface area contributed by atoms with E-state index in [1.54, 1.807) is 18.5 Å². The number of likely N-dealkylation sites (tertiary alicyclic amines) is 1. The Morgan fingerprint density at radius 1 is 1.19 bits per heavy atom. The van der Waals surface area contributed by atoms with Gasteiger partial charge in [0.15, 0.2) is 0 Å². The number of piperidine rings is 1. The van der Waals surface area contributed by atoms with Gasteiger partial charge < -0.3 is 10.2 Å². The molecule has 1 aliphatic heterocycles. The standard InChI is InChI=1S/C15H18BrN3O2/c16-12-7-11(8-17-9-12)15(21)19-5-3-13(4-6-19)18-14(20)10-1-2-10/h7-10,13H,1-6H2,(H,18,20). The Kier molecular flexibility index (Phi) is 4.24. The van der Waals surface area contributed by atoms with Crippen molar-refractivity contribution >= 4 is 27.7 Å². The van der Waals surface area contributed by atoms with Gasteiger partial charge in [0.2, 0.25) is 5.91 Å². The van der Waals surface area contributed by atoms with Gasteiger partial charge in [-0.05, 0) is 47.7 Å². The van der Waals surface area contributed by atoms with Crippen molar-refractivity contribution in [3.63, 3.8) is 0 Å². The smallest absolute Gasteiger partial charge is 0.255 e. The highest BCUT2D eigenvalue weighted by Crippen LogP contribution is 2.29. The summed E-state index contributed by atoms with van der Waals surface area (Å²) in [5.74, 6) is 0.448. The Bertz CT molecular complexity index is 552. The summed E-state index contributed by atoms with van der Waals surface area (Å²) in [6, 6.07) is 2.00. The molecule has 1 aromatic heterocycles. The predicted octanol–water partition coefficient (Wildman–Crippen LogP) is 1.97. The zero-order valence-corrected chi connectivity index (χ0v) is 13.3. The molecular weight excluding hydrogens is 334 g/mol. The lowest BCUT2D eigenvalue weighted by molar-refractivity contribution is -0.123. The van der Waals surface area contributed by atoms with Gasteiger partial charge >= 0.3 is 0 Å². The summed E-state index contributed by atoms with van der Waals surface area (Å²) in [5, 5.41) is 3.09. The number of amides is 2. The highest BCUT2D eigenvalue weighted by molar-refractivity contribution is 9.10. The van der Waals surface area contributed by atoms with E-state index >= 15 is 0 Å². The van der Waals surface area contributed by atoms with Crippen molar-refractivity contribution in [3.8, 4) is 0 Å². The van der Waals surface area contributed by atoms with Crippen molar-refractivity contribution in [2.75, 3.05) is 13.1 Å². The van der Waals surface area contributed by atoms with Gasteiger partial charge in [0.1, 0.15) is 0 Å². The number of hydrogen-bond acceptors (Lipinski definition) is 3. The summed E-state index contributed by atoms with van der Waals surface area (Å²) in [5.41, 5.74) is 0.602. The molecule has 112 valence electrons. The van der Waals surface area contributed by atoms with Crippen molar-refractivity contribution in [1.29, 1.82) is 0 Å². The number of aromatic nitrogens is 1. The van der Waals surface area contributed by atoms with Crippen molar-refractivity contribution in [3.05, 3.63) is 28.5 Å². The molecule has 0 unspecified atom stereocenters. The summed E-state index contributed by atoms with van der Waals surface area (Å²) in [6.07, 6.45) is 6.96. The normalized spacial score (nSPS) is 19.4. The van der Waals surface area contributed by atoms with Crippen LogP contribution >= 0.6 is 15.9 Å². The van der Waals surface area contributed by atoms with Gasteiger partial charge in [0.25, 0.3) is 5.91 Å². The van der Waals surface area contributed by atoms with Gasteiger partial charge in [-0.25, -0.2) is 0 Å². The Morgan fingerprint density at radius 2 is 1.90 bits per heavy atom. The highest BCUT2D eigenvalue weighted by atomic mass is 79.9. The SMILES string of the molecule is O=C(NC1CCN(C(=O)c2cncc(Br)c2)CC1)C1CC1. The molecule has 21 heavy (non-hydrogen) atoms. The maximum Gasteiger partial charge on any atom is 0.255 e. The molecule has 2 heterocycles. The van der Waals surface area contributed by atoms with Gasteiger partial charge in [0.05, 0.1) is 5.56 Å². The molecule has 1 saturated heterocycles. The molecule has 2 fully saturated rings. The largest absolute Gasteiger partial charge is 0.353 e. The van der Waals surface area contributed by atoms with Crippen LogP contribution in [0.15, 0.2) is 22.9 Å². The zero-order chi connectivity index (χ0) is 14.8. The maximum atomic E-state index is 12.4. The summed E-state index contributed by atoms with van der Waals surface area (Å²) >= 11 is 3.33. The van der Waals surface area contributed by atoms with Crippen molar-refractivity contribution in [2.24, 2.45) is 5.92 Å². The van der Waals surface area contributed by atoms with Crippen LogP contribution in [0.25, 0.3) is 0 Å². The number of nitrogens with one attached hydrogen (secondary N) is 1. The second kappa shape index (κ2) is 6.13. The third kappa shape index (κ3) is 3.61. The third-order valence-corrected chi connectivity index (χ3v) is 4.46. The van der Waals surface area contributed by atoms with E-state index in [9.17, 15) is 9.59 Å². The van der Waals surface area contributed by atoms with Crippen LogP contribution in [-0.2, 0) is 4.79 Å². The van der Waals surface area contributed by atoms with Gasteiger partial charge in [-0.2, -0.15) is 0 Å². The molecule has 1 N–H and O–H groups in total. The van der Waals surface area contributed by atoms with Gasteiger partial charge in [0, 0.05) is 41.9 Å². The second-order valence-electron chi connectivity index (χ2n) is 5.74. The van der Waals surface area contributed by atoms with E-state index in [0.717, 1.165) is 30.2 Å². The Morgan fingerprint density at radius 3 is 2.52 bits per heavy atom. The van der Waals surface area contributed by atoms with Gasteiger partial charge in [-0.1, -0.05) is 0 Å². The fourth-order valence-corrected chi connectivity index (χ4v) is 2.97. The van der Waals surface area contributed by atoms with Gasteiger partial charge in [-0.15, -0.1) is 0 Å². The van der Waals surface area contributed by atoms with E-state index in [-0.39, 0.29) is 23.8 Å². The molecular formula is C15H18BrN3O2. The summed E-state index contributed by atoms with van der Waals surface area (Å²) in [4.78, 5) is 30.0. The van der Waals surface area contributed by atoms with E-state index in [0.29, 0.717) is 18.7 Å². The highest BCUT2D eigenvalue weighted by Gasteiger charge is 2.32. The second-order valence-corrected chi connectivity index (χ2v) is 6.66. The van der Waals surface area contributed by atoms with Crippen LogP contribution in [0.1, 0.15) is 36.0 Å². The molecule has 0 bridgehead atoms. The molecule has 3 rings (SSSR count). The number of nitrogens with zero attached hydrogens (tertiary/aromatic N) is 2. The quantitative estimate of drug-likeness (QED) is 0.905. The van der Waals surface area contributed by atoms with Gasteiger partial charge in [-0.3, -0.25) is 14.6 Å². The molecule has 1 saturated carbocycles. The number of rotatable bonds is 3. The lowest BCUT2D eigenvalue weighted by atomic mass is 10.0. The third-order valence-electron chi connectivity index (χ3n) is 4.03. The molecule has 6 heteroatoms. The molecule has 0 aromatic carbocycles. The molecule has 0 spiro atoms. The number of carbonyl (C=O) groups excluding carboxylic acids is 2. The summed E-state index contributed by atoms with van der Waals surface area (Å²) < 4.78 is 0.805. The van der Waals surface area contributed by atoms with Crippen LogP contribution < -0.4 is 5.32 Å². The Balaban J connectivity index is 1.53. The van der Waals surface area contributed by atoms with E-state index in [1.165, 1.54) is 0 Å². The van der Waals surface area contributed by atoms with Crippen molar-refractivity contribution in [1.82, 2.24) is 15.2 Å². The fourth-order valence-electron chi connectivity index (χ4n) is 2.60. The first kappa shape index (κ1) is 14.5. The van der Waals surface area contributed by atoms with Crippen LogP contribution in [0.3, 0.4) is 0 Å². The maximum absolute atomic E-state index is 12.4. The number of pyridine rings is 1. The summed E-state index contributed by atoms with van der Waals surface area (Å²) in [7, 11) is 0. The topological polar surface area (TPSA) is 62.3 Å². The van der Waals surface area contributed by atoms with E-state index in [1.807, 2.05) is 4.90 Å². The average Bonchev–Trinajstić information content (AvgIpc) is 3.32. The Labute approximate surface area is 132 Å². The first-order valence-corrected chi connectivity index (χ1v) is 8.13. The number of hydrogen-bond donors (Lipinski definition) is 1. The minimum Gasteiger partial charge on any atom is -0.353 e. The van der Waals surface area contributed by atoms with E-state index in [4.69, 9.17) is 0 Å². The monoisotopic (exact) mass is 351 g/mol. The van der Waals surface area contributed by atoms with Crippen LogP contribution in [0.2, 0.25) is 0 Å². The summed E-state index contributed by atoms with van der Waals surface area (Å²) in [6.45, 7) is 1.36. The van der Waals surface area contributed by atoms with Crippen LogP contribution in [0.5, 0.6) is 0 Å². The van der Waals surface area contributed by atoms with E-state index < -0.39 is 0 Å². The minimum absolute atomic E-state index is 0.00997. The molecule has 0 radical (unpaired) electrons. The van der Waals surface area contributed by atoms with Crippen LogP contribution in [-0.4, -0.2) is 40.8 Å². The molecule has 1 aliphatic carbocycles. The number of halogens is 1. The zero-order valence-electron chi connectivity index (χ0n) is 11.7. The van der Waals surface area contributed by atoms with Crippen LogP contribution in [0.4, 0.5) is 0 Å². The molecule has 1 aromatic rings. The van der Waals surface area contributed by atoms with Crippen molar-refractivity contribution in [2.45, 2.75) is 31.7 Å². The molecule has 2 aliphatic rings. The number of carbonyl (C=O) groups is 2. The fraction of sp³-hybridized carbons (Fsp3) is 0.533. The average molecular weight is 352 g/mol. The minimum atomic E-state index is 0.00997. The van der Waals surface area contributed by atoms with E-state index in [2.05, 4.69) is 26.2 Å².